The molecule has 1 fully saturated rings. The lowest BCUT2D eigenvalue weighted by Gasteiger charge is -2.32. The second-order valence-electron chi connectivity index (χ2n) is 5.55. The van der Waals surface area contributed by atoms with E-state index in [1.165, 1.54) is 0 Å². The molecule has 0 radical (unpaired) electrons. The minimum atomic E-state index is -0.0128. The summed E-state index contributed by atoms with van der Waals surface area (Å²) in [5.41, 5.74) is 0.495. The summed E-state index contributed by atoms with van der Waals surface area (Å²) in [6, 6.07) is 0.244. The fraction of sp³-hybridized carbons (Fsp3) is 0.467. The summed E-state index contributed by atoms with van der Waals surface area (Å²) in [4.78, 5) is 26.7. The summed E-state index contributed by atoms with van der Waals surface area (Å²) >= 11 is 0. The summed E-state index contributed by atoms with van der Waals surface area (Å²) in [7, 11) is 3.43. The maximum Gasteiger partial charge on any atom is 0.274 e. The van der Waals surface area contributed by atoms with Gasteiger partial charge >= 0.3 is 0 Å². The van der Waals surface area contributed by atoms with E-state index in [-0.39, 0.29) is 11.9 Å². The van der Waals surface area contributed by atoms with Crippen LogP contribution in [-0.2, 0) is 7.05 Å². The average molecular weight is 316 g/mol. The van der Waals surface area contributed by atoms with Crippen molar-refractivity contribution in [1.29, 1.82) is 0 Å². The number of ether oxygens (including phenoxy) is 1. The number of hydrogen-bond acceptors (Lipinski definition) is 6. The number of methoxy groups -OCH3 is 1. The van der Waals surface area contributed by atoms with Crippen LogP contribution in [0.2, 0.25) is 0 Å². The molecule has 8 nitrogen and oxygen atoms in total. The number of aryl methyl sites for hydroxylation is 1. The first-order valence-electron chi connectivity index (χ1n) is 7.56. The summed E-state index contributed by atoms with van der Waals surface area (Å²) in [6.45, 7) is 1.38. The summed E-state index contributed by atoms with van der Waals surface area (Å²) in [5, 5.41) is 3.35. The van der Waals surface area contributed by atoms with Crippen molar-refractivity contribution < 1.29 is 9.53 Å². The molecule has 3 heterocycles. The summed E-state index contributed by atoms with van der Waals surface area (Å²) < 4.78 is 6.97. The molecule has 122 valence electrons. The Labute approximate surface area is 134 Å². The number of carbonyl (C=O) groups is 1. The number of rotatable bonds is 4. The van der Waals surface area contributed by atoms with Gasteiger partial charge in [0.2, 0.25) is 0 Å². The van der Waals surface area contributed by atoms with Gasteiger partial charge in [-0.3, -0.25) is 4.79 Å². The summed E-state index contributed by atoms with van der Waals surface area (Å²) in [5.74, 6) is 1.12. The minimum absolute atomic E-state index is 0.0128. The number of imidazole rings is 1. The van der Waals surface area contributed by atoms with Gasteiger partial charge in [-0.2, -0.15) is 0 Å². The largest absolute Gasteiger partial charge is 0.478 e. The Balaban J connectivity index is 1.57. The van der Waals surface area contributed by atoms with Crippen LogP contribution in [0.3, 0.4) is 0 Å². The zero-order valence-corrected chi connectivity index (χ0v) is 13.3. The monoisotopic (exact) mass is 316 g/mol. The lowest BCUT2D eigenvalue weighted by molar-refractivity contribution is 0.0713. The zero-order chi connectivity index (χ0) is 16.2. The number of anilines is 1. The Bertz CT molecular complexity index is 678. The fourth-order valence-corrected chi connectivity index (χ4v) is 2.68. The van der Waals surface area contributed by atoms with Gasteiger partial charge in [0, 0.05) is 44.8 Å². The molecular formula is C15H20N6O2. The first-order valence-corrected chi connectivity index (χ1v) is 7.56. The van der Waals surface area contributed by atoms with Crippen molar-refractivity contribution in [3.05, 3.63) is 30.6 Å². The lowest BCUT2D eigenvalue weighted by atomic mass is 10.0. The number of hydrogen-bond donors (Lipinski definition) is 1. The molecular weight excluding hydrogens is 296 g/mol. The van der Waals surface area contributed by atoms with Crippen molar-refractivity contribution in [1.82, 2.24) is 24.4 Å². The molecule has 8 heteroatoms. The van der Waals surface area contributed by atoms with E-state index in [2.05, 4.69) is 20.3 Å². The third kappa shape index (κ3) is 3.41. The van der Waals surface area contributed by atoms with Crippen LogP contribution in [0.15, 0.2) is 24.9 Å². The number of carbonyl (C=O) groups excluding carboxylic acids is 1. The molecule has 2 aromatic heterocycles. The number of amides is 1. The SMILES string of the molecule is COc1nccnc1NC1CCN(C(=O)c2cn(C)cn2)CC1. The Kier molecular flexibility index (Phi) is 4.40. The van der Waals surface area contributed by atoms with E-state index in [4.69, 9.17) is 4.74 Å². The molecule has 2 aromatic rings. The van der Waals surface area contributed by atoms with Gasteiger partial charge in [0.25, 0.3) is 11.8 Å². The van der Waals surface area contributed by atoms with E-state index < -0.39 is 0 Å². The first-order chi connectivity index (χ1) is 11.2. The fourth-order valence-electron chi connectivity index (χ4n) is 2.68. The van der Waals surface area contributed by atoms with Crippen LogP contribution in [0.1, 0.15) is 23.3 Å². The Morgan fingerprint density at radius 1 is 1.26 bits per heavy atom. The smallest absolute Gasteiger partial charge is 0.274 e. The molecule has 23 heavy (non-hydrogen) atoms. The maximum atomic E-state index is 12.4. The summed E-state index contributed by atoms with van der Waals surface area (Å²) in [6.07, 6.45) is 8.30. The van der Waals surface area contributed by atoms with Crippen LogP contribution in [0.4, 0.5) is 5.82 Å². The maximum absolute atomic E-state index is 12.4. The van der Waals surface area contributed by atoms with Gasteiger partial charge in [0.15, 0.2) is 5.82 Å². The second kappa shape index (κ2) is 6.64. The van der Waals surface area contributed by atoms with Crippen LogP contribution in [0.5, 0.6) is 5.88 Å². The molecule has 0 bridgehead atoms. The van der Waals surface area contributed by atoms with Crippen molar-refractivity contribution in [2.24, 2.45) is 7.05 Å². The van der Waals surface area contributed by atoms with E-state index in [0.717, 1.165) is 12.8 Å². The van der Waals surface area contributed by atoms with E-state index >= 15 is 0 Å². The van der Waals surface area contributed by atoms with Crippen LogP contribution in [0.25, 0.3) is 0 Å². The van der Waals surface area contributed by atoms with E-state index in [1.54, 1.807) is 36.6 Å². The first kappa shape index (κ1) is 15.3. The number of piperidine rings is 1. The van der Waals surface area contributed by atoms with Gasteiger partial charge in [0.05, 0.1) is 13.4 Å². The van der Waals surface area contributed by atoms with Crippen molar-refractivity contribution in [3.8, 4) is 5.88 Å². The van der Waals surface area contributed by atoms with Crippen molar-refractivity contribution in [2.45, 2.75) is 18.9 Å². The molecule has 0 aromatic carbocycles. The molecule has 3 rings (SSSR count). The van der Waals surface area contributed by atoms with Crippen LogP contribution >= 0.6 is 0 Å². The molecule has 0 unspecified atom stereocenters. The Morgan fingerprint density at radius 2 is 2.00 bits per heavy atom. The van der Waals surface area contributed by atoms with Gasteiger partial charge in [-0.05, 0) is 12.8 Å². The third-order valence-electron chi connectivity index (χ3n) is 3.91. The van der Waals surface area contributed by atoms with Crippen molar-refractivity contribution >= 4 is 11.7 Å². The van der Waals surface area contributed by atoms with Crippen LogP contribution in [-0.4, -0.2) is 56.6 Å². The quantitative estimate of drug-likeness (QED) is 0.903. The topological polar surface area (TPSA) is 85.2 Å². The predicted molar refractivity (Wildman–Crippen MR) is 84.3 cm³/mol. The molecule has 1 saturated heterocycles. The average Bonchev–Trinajstić information content (AvgIpc) is 3.02. The molecule has 0 atom stereocenters. The highest BCUT2D eigenvalue weighted by atomic mass is 16.5. The van der Waals surface area contributed by atoms with Gasteiger partial charge in [0.1, 0.15) is 5.69 Å². The van der Waals surface area contributed by atoms with Crippen LogP contribution < -0.4 is 10.1 Å². The predicted octanol–water partition coefficient (Wildman–Crippen LogP) is 0.935. The van der Waals surface area contributed by atoms with Crippen molar-refractivity contribution in [3.63, 3.8) is 0 Å². The molecule has 0 saturated carbocycles. The van der Waals surface area contributed by atoms with E-state index in [1.807, 2.05) is 11.9 Å². The lowest BCUT2D eigenvalue weighted by Crippen LogP contribution is -2.42. The third-order valence-corrected chi connectivity index (χ3v) is 3.91. The number of nitrogens with zero attached hydrogens (tertiary/aromatic N) is 5. The second-order valence-corrected chi connectivity index (χ2v) is 5.55. The van der Waals surface area contributed by atoms with Gasteiger partial charge < -0.3 is 19.5 Å². The van der Waals surface area contributed by atoms with Gasteiger partial charge in [-0.25, -0.2) is 15.0 Å². The normalized spacial score (nSPS) is 15.5. The molecule has 0 spiro atoms. The minimum Gasteiger partial charge on any atom is -0.478 e. The van der Waals surface area contributed by atoms with Crippen molar-refractivity contribution in [2.75, 3.05) is 25.5 Å². The zero-order valence-electron chi connectivity index (χ0n) is 13.3. The van der Waals surface area contributed by atoms with E-state index in [9.17, 15) is 4.79 Å². The van der Waals surface area contributed by atoms with Crippen LogP contribution in [0, 0.1) is 0 Å². The highest BCUT2D eigenvalue weighted by Gasteiger charge is 2.25. The van der Waals surface area contributed by atoms with Gasteiger partial charge in [-0.15, -0.1) is 0 Å². The standard InChI is InChI=1S/C15H20N6O2/c1-20-9-12(18-10-20)15(22)21-7-3-11(4-8-21)19-13-14(23-2)17-6-5-16-13/h5-6,9-11H,3-4,7-8H2,1-2H3,(H,16,19). The highest BCUT2D eigenvalue weighted by Crippen LogP contribution is 2.21. The number of nitrogens with one attached hydrogen (secondary N) is 1. The van der Waals surface area contributed by atoms with E-state index in [0.29, 0.717) is 30.5 Å². The molecule has 0 aliphatic carbocycles. The van der Waals surface area contributed by atoms with Gasteiger partial charge in [-0.1, -0.05) is 0 Å². The molecule has 1 amide bonds. The Hall–Kier alpha value is -2.64. The molecule has 1 aliphatic heterocycles. The highest BCUT2D eigenvalue weighted by molar-refractivity contribution is 5.92. The number of aromatic nitrogens is 4. The Morgan fingerprint density at radius 3 is 2.65 bits per heavy atom. The molecule has 1 aliphatic rings. The molecule has 1 N–H and O–H groups in total. The number of likely N-dealkylation sites (tertiary alicyclic amines) is 1.